The van der Waals surface area contributed by atoms with Gasteiger partial charge >= 0.3 is 0 Å². The fourth-order valence-corrected chi connectivity index (χ4v) is 3.93. The second kappa shape index (κ2) is 12.0. The van der Waals surface area contributed by atoms with Crippen LogP contribution in [-0.4, -0.2) is 58.7 Å². The Morgan fingerprint density at radius 1 is 1.06 bits per heavy atom. The van der Waals surface area contributed by atoms with Crippen molar-refractivity contribution in [3.05, 3.63) is 54.5 Å². The lowest BCUT2D eigenvalue weighted by molar-refractivity contribution is 0.391. The number of aromatic nitrogens is 7. The first-order chi connectivity index (χ1) is 17.0. The Hall–Kier alpha value is -3.87. The molecule has 0 aliphatic heterocycles. The van der Waals surface area contributed by atoms with Gasteiger partial charge in [-0.2, -0.15) is 5.10 Å². The number of hydrogen-bond acceptors (Lipinski definition) is 8. The number of nitrogens with zero attached hydrogens (tertiary/aromatic N) is 7. The molecule has 0 aliphatic rings. The average molecular weight is 503 g/mol. The number of ether oxygens (including phenoxy) is 2. The van der Waals surface area contributed by atoms with Crippen LogP contribution in [0.2, 0.25) is 0 Å². The van der Waals surface area contributed by atoms with Crippen LogP contribution >= 0.6 is 0 Å². The molecule has 186 valence electrons. The van der Waals surface area contributed by atoms with E-state index in [2.05, 4.69) is 30.0 Å². The average Bonchev–Trinajstić information content (AvgIpc) is 3.50. The molecule has 0 bridgehead atoms. The van der Waals surface area contributed by atoms with Gasteiger partial charge in [-0.05, 0) is 18.2 Å². The summed E-state index contributed by atoms with van der Waals surface area (Å²) in [5.41, 5.74) is 1.08. The number of methoxy groups -OCH3 is 2. The predicted octanol–water partition coefficient (Wildman–Crippen LogP) is 2.96. The van der Waals surface area contributed by atoms with E-state index in [0.29, 0.717) is 34.5 Å². The van der Waals surface area contributed by atoms with Crippen LogP contribution in [-0.2, 0) is 24.5 Å². The van der Waals surface area contributed by atoms with Crippen molar-refractivity contribution >= 4 is 16.9 Å². The zero-order chi connectivity index (χ0) is 25.4. The molecule has 13 heteroatoms. The molecule has 4 aromatic rings. The molecule has 3 aromatic heterocycles. The van der Waals surface area contributed by atoms with Crippen LogP contribution in [0.25, 0.3) is 17.2 Å². The molecule has 0 saturated carbocycles. The largest absolute Gasteiger partial charge is 0.494 e. The van der Waals surface area contributed by atoms with Crippen LogP contribution in [0.5, 0.6) is 11.5 Å². The Balaban J connectivity index is 0.00000167. The third-order valence-corrected chi connectivity index (χ3v) is 5.61. The maximum absolute atomic E-state index is 13.0. The second-order valence-electron chi connectivity index (χ2n) is 6.79. The molecule has 3 heterocycles. The van der Waals surface area contributed by atoms with Gasteiger partial charge in [-0.15, -0.1) is 10.2 Å². The number of hydrogen-bond donors (Lipinski definition) is 1. The van der Waals surface area contributed by atoms with E-state index in [1.807, 2.05) is 13.8 Å². The van der Waals surface area contributed by atoms with Crippen molar-refractivity contribution < 1.29 is 18.1 Å². The van der Waals surface area contributed by atoms with Crippen molar-refractivity contribution in [2.45, 2.75) is 20.3 Å². The fourth-order valence-electron chi connectivity index (χ4n) is 3.12. The summed E-state index contributed by atoms with van der Waals surface area (Å²) in [5, 5.41) is 12.9. The summed E-state index contributed by atoms with van der Waals surface area (Å²) in [6.07, 6.45) is 4.20. The molecule has 0 amide bonds. The first-order valence-electron chi connectivity index (χ1n) is 10.8. The highest BCUT2D eigenvalue weighted by molar-refractivity contribution is 7.86. The Kier molecular flexibility index (Phi) is 8.84. The number of benzene rings is 1. The first kappa shape index (κ1) is 25.7. The lowest BCUT2D eigenvalue weighted by Crippen LogP contribution is -2.16. The Bertz CT molecular complexity index is 1250. The minimum absolute atomic E-state index is 0.167. The number of anilines is 1. The molecule has 11 nitrogen and oxygen atoms in total. The maximum Gasteiger partial charge on any atom is 0.241 e. The summed E-state index contributed by atoms with van der Waals surface area (Å²) >= 11 is 0. The molecule has 0 spiro atoms. The Morgan fingerprint density at radius 2 is 1.71 bits per heavy atom. The lowest BCUT2D eigenvalue weighted by atomic mass is 10.2. The summed E-state index contributed by atoms with van der Waals surface area (Å²) in [4.78, 5) is 7.78. The topological polar surface area (TPSA) is 122 Å². The van der Waals surface area contributed by atoms with Crippen LogP contribution in [0.4, 0.5) is 10.3 Å². The van der Waals surface area contributed by atoms with Crippen LogP contribution in [0.1, 0.15) is 19.7 Å². The molecular weight excluding hydrogens is 475 g/mol. The minimum Gasteiger partial charge on any atom is -0.494 e. The van der Waals surface area contributed by atoms with Gasteiger partial charge in [-0.1, -0.05) is 19.9 Å². The Labute approximate surface area is 204 Å². The summed E-state index contributed by atoms with van der Waals surface area (Å²) in [6.45, 7) is 4.00. The van der Waals surface area contributed by atoms with Crippen molar-refractivity contribution in [1.29, 1.82) is 0 Å². The van der Waals surface area contributed by atoms with Crippen molar-refractivity contribution in [3.63, 3.8) is 0 Å². The van der Waals surface area contributed by atoms with Crippen LogP contribution in [0.3, 0.4) is 0 Å². The molecule has 1 aromatic carbocycles. The van der Waals surface area contributed by atoms with E-state index in [4.69, 9.17) is 9.47 Å². The van der Waals surface area contributed by atoms with Crippen molar-refractivity contribution in [2.24, 2.45) is 7.05 Å². The summed E-state index contributed by atoms with van der Waals surface area (Å²) in [6, 6.07) is 7.12. The van der Waals surface area contributed by atoms with E-state index in [1.54, 1.807) is 46.8 Å². The maximum atomic E-state index is 13.0. The molecule has 0 saturated heterocycles. The highest BCUT2D eigenvalue weighted by Gasteiger charge is 2.24. The van der Waals surface area contributed by atoms with Gasteiger partial charge in [0.15, 0.2) is 11.6 Å². The normalized spacial score (nSPS) is 11.4. The number of nitrogens with one attached hydrogen (secondary N) is 1. The third-order valence-electron chi connectivity index (χ3n) is 4.62. The number of para-hydroxylation sites is 1. The van der Waals surface area contributed by atoms with Crippen molar-refractivity contribution in [1.82, 2.24) is 34.5 Å². The van der Waals surface area contributed by atoms with Crippen LogP contribution in [0.15, 0.2) is 42.9 Å². The van der Waals surface area contributed by atoms with Crippen molar-refractivity contribution in [2.75, 3.05) is 24.7 Å². The highest BCUT2D eigenvalue weighted by Crippen LogP contribution is 2.37. The van der Waals surface area contributed by atoms with E-state index in [0.717, 1.165) is 12.4 Å². The van der Waals surface area contributed by atoms with Gasteiger partial charge in [-0.3, -0.25) is 14.0 Å². The van der Waals surface area contributed by atoms with Gasteiger partial charge in [0.1, 0.15) is 39.7 Å². The van der Waals surface area contributed by atoms with E-state index in [1.165, 1.54) is 14.2 Å². The van der Waals surface area contributed by atoms with Crippen molar-refractivity contribution in [3.8, 4) is 28.7 Å². The van der Waals surface area contributed by atoms with E-state index in [9.17, 15) is 8.60 Å². The molecule has 0 aliphatic carbocycles. The molecule has 4 rings (SSSR count). The Morgan fingerprint density at radius 3 is 2.29 bits per heavy atom. The van der Waals surface area contributed by atoms with E-state index < -0.39 is 16.8 Å². The monoisotopic (exact) mass is 502 g/mol. The molecule has 1 unspecified atom stereocenters. The van der Waals surface area contributed by atoms with Gasteiger partial charge in [0, 0.05) is 19.7 Å². The molecule has 1 atom stereocenters. The molecular formula is C22H27FN8O3S. The standard InChI is InChI=1S/C20H21FN8O3S.C2H6/c1-28-9-7-14(26-28)19-24-25-20(27-33(30)10-8-17-22-11-13(21)12-23-17)29(19)18-15(31-2)5-4-6-16(18)32-3;1-2/h4-7,9,11-12H,8,10H2,1-3H3,(H,25,27);1-2H3. The fraction of sp³-hybridized carbons (Fsp3) is 0.318. The van der Waals surface area contributed by atoms with Gasteiger partial charge in [0.05, 0.1) is 32.4 Å². The molecule has 0 radical (unpaired) electrons. The van der Waals surface area contributed by atoms with E-state index in [-0.39, 0.29) is 18.1 Å². The smallest absolute Gasteiger partial charge is 0.241 e. The number of halogens is 1. The SMILES string of the molecule is CC.COc1cccc(OC)c1-n1c(NS(=O)CCc2ncc(F)cn2)nnc1-c1ccn(C)n1. The quantitative estimate of drug-likeness (QED) is 0.371. The second-order valence-corrected chi connectivity index (χ2v) is 8.09. The molecule has 35 heavy (non-hydrogen) atoms. The van der Waals surface area contributed by atoms with Gasteiger partial charge in [-0.25, -0.2) is 18.6 Å². The summed E-state index contributed by atoms with van der Waals surface area (Å²) in [7, 11) is 3.30. The predicted molar refractivity (Wildman–Crippen MR) is 130 cm³/mol. The van der Waals surface area contributed by atoms with Gasteiger partial charge in [0.25, 0.3) is 0 Å². The number of aryl methyl sites for hydroxylation is 2. The minimum atomic E-state index is -1.57. The molecule has 0 fully saturated rings. The number of rotatable bonds is 9. The highest BCUT2D eigenvalue weighted by atomic mass is 32.2. The van der Waals surface area contributed by atoms with Gasteiger partial charge < -0.3 is 9.47 Å². The summed E-state index contributed by atoms with van der Waals surface area (Å²) < 4.78 is 43.1. The first-order valence-corrected chi connectivity index (χ1v) is 12.1. The lowest BCUT2D eigenvalue weighted by Gasteiger charge is -2.17. The molecule has 1 N–H and O–H groups in total. The summed E-state index contributed by atoms with van der Waals surface area (Å²) in [5.74, 6) is 1.63. The van der Waals surface area contributed by atoms with Crippen LogP contribution in [0, 0.1) is 5.82 Å². The van der Waals surface area contributed by atoms with Crippen LogP contribution < -0.4 is 14.2 Å². The van der Waals surface area contributed by atoms with E-state index >= 15 is 0 Å². The van der Waals surface area contributed by atoms with Gasteiger partial charge in [0.2, 0.25) is 5.95 Å². The zero-order valence-electron chi connectivity index (χ0n) is 20.1. The zero-order valence-corrected chi connectivity index (χ0v) is 20.9. The third kappa shape index (κ3) is 5.98.